The number of fused-ring (bicyclic) bond motifs is 2. The van der Waals surface area contributed by atoms with Crippen molar-refractivity contribution >= 4 is 28.1 Å². The van der Waals surface area contributed by atoms with Gasteiger partial charge in [0.25, 0.3) is 0 Å². The van der Waals surface area contributed by atoms with Crippen LogP contribution < -0.4 is 5.32 Å². The van der Waals surface area contributed by atoms with Gasteiger partial charge in [0.2, 0.25) is 5.91 Å². The maximum Gasteiger partial charge on any atom is 0.226 e. The fraction of sp³-hybridized carbons (Fsp3) is 0.316. The number of hydrogen-bond donors (Lipinski definition) is 2. The van der Waals surface area contributed by atoms with Crippen LogP contribution >= 0.6 is 11.3 Å². The van der Waals surface area contributed by atoms with Crippen molar-refractivity contribution in [3.63, 3.8) is 0 Å². The molecule has 116 valence electrons. The Balaban J connectivity index is 1.46. The quantitative estimate of drug-likeness (QED) is 0.735. The van der Waals surface area contributed by atoms with Gasteiger partial charge in [-0.3, -0.25) is 4.79 Å². The SMILES string of the molecule is O=C(NCC(c1cccs1)c1c[nH]c2ccccc12)C12CC1C2. The third kappa shape index (κ3) is 2.05. The highest BCUT2D eigenvalue weighted by molar-refractivity contribution is 7.10. The molecule has 2 saturated carbocycles. The number of carbonyl (C=O) groups excluding carboxylic acids is 1. The lowest BCUT2D eigenvalue weighted by Crippen LogP contribution is -2.32. The molecule has 0 spiro atoms. The first-order valence-corrected chi connectivity index (χ1v) is 9.04. The van der Waals surface area contributed by atoms with Crippen LogP contribution in [0.4, 0.5) is 0 Å². The second-order valence-electron chi connectivity index (χ2n) is 6.83. The van der Waals surface area contributed by atoms with Gasteiger partial charge in [0.1, 0.15) is 0 Å². The van der Waals surface area contributed by atoms with E-state index in [4.69, 9.17) is 0 Å². The van der Waals surface area contributed by atoms with E-state index in [9.17, 15) is 4.79 Å². The van der Waals surface area contributed by atoms with Crippen LogP contribution in [0.5, 0.6) is 0 Å². The van der Waals surface area contributed by atoms with Crippen molar-refractivity contribution in [3.05, 3.63) is 58.4 Å². The Bertz CT molecular complexity index is 874. The van der Waals surface area contributed by atoms with Crippen molar-refractivity contribution in [2.45, 2.75) is 18.8 Å². The number of benzene rings is 1. The van der Waals surface area contributed by atoms with Gasteiger partial charge < -0.3 is 10.3 Å². The second kappa shape index (κ2) is 4.71. The number of thiophene rings is 1. The van der Waals surface area contributed by atoms with Crippen LogP contribution in [-0.2, 0) is 4.79 Å². The van der Waals surface area contributed by atoms with E-state index in [0.717, 1.165) is 18.4 Å². The summed E-state index contributed by atoms with van der Waals surface area (Å²) in [6.45, 7) is 0.676. The smallest absolute Gasteiger partial charge is 0.226 e. The first kappa shape index (κ1) is 13.4. The molecule has 23 heavy (non-hydrogen) atoms. The van der Waals surface area contributed by atoms with E-state index in [1.807, 2.05) is 6.07 Å². The molecule has 4 heteroatoms. The van der Waals surface area contributed by atoms with Gasteiger partial charge in [-0.15, -0.1) is 11.3 Å². The number of rotatable bonds is 5. The standard InChI is InChI=1S/C19H18N2OS/c22-18(19-8-12(19)9-19)21-11-15(17-6-3-7-23-17)14-10-20-16-5-2-1-4-13(14)16/h1-7,10,12,15,20H,8-9,11H2,(H,21,22). The number of para-hydroxylation sites is 1. The molecule has 2 aliphatic carbocycles. The first-order chi connectivity index (χ1) is 11.3. The molecule has 2 fully saturated rings. The van der Waals surface area contributed by atoms with Crippen molar-refractivity contribution < 1.29 is 4.79 Å². The number of carbonyl (C=O) groups is 1. The van der Waals surface area contributed by atoms with Crippen molar-refractivity contribution in [1.82, 2.24) is 10.3 Å². The van der Waals surface area contributed by atoms with Gasteiger partial charge in [-0.05, 0) is 41.8 Å². The largest absolute Gasteiger partial charge is 0.361 e. The lowest BCUT2D eigenvalue weighted by Gasteiger charge is -2.17. The summed E-state index contributed by atoms with van der Waals surface area (Å²) in [6.07, 6.45) is 4.31. The highest BCUT2D eigenvalue weighted by atomic mass is 32.1. The summed E-state index contributed by atoms with van der Waals surface area (Å²) in [7, 11) is 0. The number of H-pyrrole nitrogens is 1. The minimum atomic E-state index is 0.0419. The molecule has 0 radical (unpaired) electrons. The third-order valence-corrected chi connectivity index (χ3v) is 6.47. The van der Waals surface area contributed by atoms with Gasteiger partial charge >= 0.3 is 0 Å². The van der Waals surface area contributed by atoms with Crippen molar-refractivity contribution in [3.8, 4) is 0 Å². The van der Waals surface area contributed by atoms with Gasteiger partial charge in [0, 0.05) is 34.4 Å². The minimum absolute atomic E-state index is 0.0419. The zero-order valence-electron chi connectivity index (χ0n) is 12.7. The summed E-state index contributed by atoms with van der Waals surface area (Å²) < 4.78 is 0. The van der Waals surface area contributed by atoms with E-state index in [1.54, 1.807) is 11.3 Å². The Hall–Kier alpha value is -2.07. The molecular formula is C19H18N2OS. The Morgan fingerprint density at radius 1 is 1.30 bits per heavy atom. The Kier molecular flexibility index (Phi) is 2.74. The molecule has 3 aromatic rings. The molecule has 1 unspecified atom stereocenters. The van der Waals surface area contributed by atoms with Crippen LogP contribution in [-0.4, -0.2) is 17.4 Å². The van der Waals surface area contributed by atoms with Gasteiger partial charge in [0.15, 0.2) is 0 Å². The monoisotopic (exact) mass is 322 g/mol. The fourth-order valence-corrected chi connectivity index (χ4v) is 4.52. The topological polar surface area (TPSA) is 44.9 Å². The molecule has 5 rings (SSSR count). The van der Waals surface area contributed by atoms with Crippen molar-refractivity contribution in [1.29, 1.82) is 0 Å². The minimum Gasteiger partial charge on any atom is -0.361 e. The van der Waals surface area contributed by atoms with E-state index < -0.39 is 0 Å². The summed E-state index contributed by atoms with van der Waals surface area (Å²) in [5, 5.41) is 6.57. The molecular weight excluding hydrogens is 304 g/mol. The normalized spacial score (nSPS) is 25.8. The molecule has 2 heterocycles. The number of aromatic amines is 1. The van der Waals surface area contributed by atoms with Crippen molar-refractivity contribution in [2.24, 2.45) is 11.3 Å². The molecule has 0 saturated heterocycles. The number of nitrogens with one attached hydrogen (secondary N) is 2. The van der Waals surface area contributed by atoms with E-state index in [2.05, 4.69) is 52.2 Å². The molecule has 1 atom stereocenters. The summed E-state index contributed by atoms with van der Waals surface area (Å²) in [4.78, 5) is 17.0. The fourth-order valence-electron chi connectivity index (χ4n) is 3.68. The summed E-state index contributed by atoms with van der Waals surface area (Å²) in [5.41, 5.74) is 2.46. The highest BCUT2D eigenvalue weighted by Crippen LogP contribution is 2.75. The van der Waals surface area contributed by atoms with Crippen LogP contribution in [0.3, 0.4) is 0 Å². The molecule has 0 aliphatic heterocycles. The van der Waals surface area contributed by atoms with Crippen molar-refractivity contribution in [2.75, 3.05) is 6.54 Å². The Labute approximate surface area is 138 Å². The second-order valence-corrected chi connectivity index (χ2v) is 7.81. The predicted molar refractivity (Wildman–Crippen MR) is 92.6 cm³/mol. The van der Waals surface area contributed by atoms with Crippen LogP contribution in [0.15, 0.2) is 48.0 Å². The molecule has 2 aromatic heterocycles. The Morgan fingerprint density at radius 2 is 2.13 bits per heavy atom. The maximum absolute atomic E-state index is 12.4. The van der Waals surface area contributed by atoms with Gasteiger partial charge in [-0.25, -0.2) is 0 Å². The van der Waals surface area contributed by atoms with Crippen LogP contribution in [0, 0.1) is 11.3 Å². The van der Waals surface area contributed by atoms with E-state index in [-0.39, 0.29) is 17.2 Å². The summed E-state index contributed by atoms with van der Waals surface area (Å²) in [5.74, 6) is 1.17. The Morgan fingerprint density at radius 3 is 2.87 bits per heavy atom. The number of hydrogen-bond acceptors (Lipinski definition) is 2. The molecule has 1 amide bonds. The summed E-state index contributed by atoms with van der Waals surface area (Å²) >= 11 is 1.76. The zero-order valence-corrected chi connectivity index (χ0v) is 13.5. The van der Waals surface area contributed by atoms with Crippen LogP contribution in [0.1, 0.15) is 29.2 Å². The average molecular weight is 322 g/mol. The van der Waals surface area contributed by atoms with E-state index in [0.29, 0.717) is 12.5 Å². The van der Waals surface area contributed by atoms with Gasteiger partial charge in [-0.1, -0.05) is 24.3 Å². The lowest BCUT2D eigenvalue weighted by molar-refractivity contribution is -0.124. The predicted octanol–water partition coefficient (Wildman–Crippen LogP) is 3.89. The number of amides is 1. The van der Waals surface area contributed by atoms with E-state index >= 15 is 0 Å². The maximum atomic E-state index is 12.4. The van der Waals surface area contributed by atoms with Gasteiger partial charge in [0.05, 0.1) is 5.41 Å². The number of aromatic nitrogens is 1. The molecule has 0 bridgehead atoms. The summed E-state index contributed by atoms with van der Waals surface area (Å²) in [6, 6.07) is 12.6. The van der Waals surface area contributed by atoms with Crippen LogP contribution in [0.2, 0.25) is 0 Å². The lowest BCUT2D eigenvalue weighted by atomic mass is 9.96. The van der Waals surface area contributed by atoms with Crippen LogP contribution in [0.25, 0.3) is 10.9 Å². The highest BCUT2D eigenvalue weighted by Gasteiger charge is 2.74. The molecule has 2 aliphatic rings. The molecule has 2 N–H and O–H groups in total. The average Bonchev–Trinajstić information content (AvgIpc) is 3.26. The third-order valence-electron chi connectivity index (χ3n) is 5.48. The molecule has 1 aromatic carbocycles. The van der Waals surface area contributed by atoms with E-state index in [1.165, 1.54) is 15.8 Å². The first-order valence-electron chi connectivity index (χ1n) is 8.16. The van der Waals surface area contributed by atoms with Gasteiger partial charge in [-0.2, -0.15) is 0 Å². The molecule has 3 nitrogen and oxygen atoms in total. The zero-order chi connectivity index (χ0) is 15.4.